The van der Waals surface area contributed by atoms with Crippen molar-refractivity contribution in [2.24, 2.45) is 23.7 Å². The number of allylic oxidation sites excluding steroid dienone is 2. The Morgan fingerprint density at radius 3 is 2.05 bits per heavy atom. The Morgan fingerprint density at radius 2 is 1.50 bits per heavy atom. The molecule has 2 aliphatic heterocycles. The smallest absolute Gasteiger partial charge is 0.242 e. The second kappa shape index (κ2) is 5.21. The summed E-state index contributed by atoms with van der Waals surface area (Å²) < 4.78 is 0. The van der Waals surface area contributed by atoms with Gasteiger partial charge in [-0.3, -0.25) is 19.3 Å². The van der Waals surface area contributed by atoms with Gasteiger partial charge in [0, 0.05) is 13.1 Å². The molecular formula is C17H22N2O3. The quantitative estimate of drug-likeness (QED) is 0.569. The molecule has 2 bridgehead atoms. The van der Waals surface area contributed by atoms with Gasteiger partial charge >= 0.3 is 0 Å². The molecule has 0 aromatic heterocycles. The lowest BCUT2D eigenvalue weighted by Gasteiger charge is -2.24. The largest absolute Gasteiger partial charge is 0.341 e. The van der Waals surface area contributed by atoms with Gasteiger partial charge < -0.3 is 4.90 Å². The van der Waals surface area contributed by atoms with E-state index >= 15 is 0 Å². The zero-order valence-electron chi connectivity index (χ0n) is 12.7. The predicted molar refractivity (Wildman–Crippen MR) is 79.5 cm³/mol. The second-order valence-electron chi connectivity index (χ2n) is 7.06. The van der Waals surface area contributed by atoms with Crippen molar-refractivity contribution in [1.82, 2.24) is 9.80 Å². The van der Waals surface area contributed by atoms with Gasteiger partial charge in [-0.1, -0.05) is 25.0 Å². The molecule has 0 N–H and O–H groups in total. The summed E-state index contributed by atoms with van der Waals surface area (Å²) in [5, 5.41) is 0. The summed E-state index contributed by atoms with van der Waals surface area (Å²) in [6.45, 7) is 1.47. The number of rotatable bonds is 2. The Bertz CT molecular complexity index is 518. The van der Waals surface area contributed by atoms with E-state index in [-0.39, 0.29) is 47.9 Å². The normalized spacial score (nSPS) is 36.9. The lowest BCUT2D eigenvalue weighted by Crippen LogP contribution is -2.44. The van der Waals surface area contributed by atoms with Crippen molar-refractivity contribution in [3.8, 4) is 0 Å². The van der Waals surface area contributed by atoms with Crippen LogP contribution in [0.4, 0.5) is 0 Å². The van der Waals surface area contributed by atoms with E-state index in [2.05, 4.69) is 12.2 Å². The van der Waals surface area contributed by atoms with Gasteiger partial charge in [0.25, 0.3) is 0 Å². The highest BCUT2D eigenvalue weighted by molar-refractivity contribution is 6.08. The molecule has 2 saturated heterocycles. The van der Waals surface area contributed by atoms with Crippen LogP contribution in [-0.4, -0.2) is 47.2 Å². The van der Waals surface area contributed by atoms with E-state index < -0.39 is 0 Å². The Labute approximate surface area is 130 Å². The third-order valence-corrected chi connectivity index (χ3v) is 5.81. The van der Waals surface area contributed by atoms with Crippen LogP contribution in [0.1, 0.15) is 32.1 Å². The Hall–Kier alpha value is -1.65. The lowest BCUT2D eigenvalue weighted by atomic mass is 9.85. The summed E-state index contributed by atoms with van der Waals surface area (Å²) in [4.78, 5) is 40.7. The van der Waals surface area contributed by atoms with E-state index in [4.69, 9.17) is 0 Å². The number of imide groups is 1. The fourth-order valence-corrected chi connectivity index (χ4v) is 4.68. The summed E-state index contributed by atoms with van der Waals surface area (Å²) in [6.07, 6.45) is 9.45. The van der Waals surface area contributed by atoms with Crippen LogP contribution in [0.3, 0.4) is 0 Å². The van der Waals surface area contributed by atoms with Crippen molar-refractivity contribution >= 4 is 17.7 Å². The first-order chi connectivity index (χ1) is 10.7. The molecule has 4 aliphatic rings. The molecule has 22 heavy (non-hydrogen) atoms. The third-order valence-electron chi connectivity index (χ3n) is 5.81. The molecule has 3 amide bonds. The molecule has 0 aromatic carbocycles. The van der Waals surface area contributed by atoms with Crippen LogP contribution >= 0.6 is 0 Å². The summed E-state index contributed by atoms with van der Waals surface area (Å²) in [6, 6.07) is 0. The van der Waals surface area contributed by atoms with Gasteiger partial charge in [0.1, 0.15) is 6.54 Å². The van der Waals surface area contributed by atoms with Crippen LogP contribution in [0.15, 0.2) is 12.2 Å². The average Bonchev–Trinajstić information content (AvgIpc) is 3.09. The second-order valence-corrected chi connectivity index (χ2v) is 7.06. The Kier molecular flexibility index (Phi) is 3.31. The lowest BCUT2D eigenvalue weighted by molar-refractivity contribution is -0.147. The predicted octanol–water partition coefficient (Wildman–Crippen LogP) is 1.20. The number of likely N-dealkylation sites (tertiary alicyclic amines) is 2. The number of hydrogen-bond donors (Lipinski definition) is 0. The van der Waals surface area contributed by atoms with E-state index in [1.807, 2.05) is 4.90 Å². The number of carbonyl (C=O) groups is 3. The number of nitrogens with zero attached hydrogens (tertiary/aromatic N) is 2. The van der Waals surface area contributed by atoms with Crippen LogP contribution in [0.2, 0.25) is 0 Å². The van der Waals surface area contributed by atoms with E-state index in [1.54, 1.807) is 0 Å². The maximum absolute atomic E-state index is 12.6. The highest BCUT2D eigenvalue weighted by Gasteiger charge is 2.59. The molecule has 2 aliphatic carbocycles. The van der Waals surface area contributed by atoms with Crippen molar-refractivity contribution in [1.29, 1.82) is 0 Å². The number of fused-ring (bicyclic) bond motifs is 5. The monoisotopic (exact) mass is 302 g/mol. The highest BCUT2D eigenvalue weighted by atomic mass is 16.2. The molecule has 0 aromatic rings. The van der Waals surface area contributed by atoms with Crippen LogP contribution < -0.4 is 0 Å². The zero-order valence-corrected chi connectivity index (χ0v) is 12.7. The molecule has 1 saturated carbocycles. The van der Waals surface area contributed by atoms with Crippen LogP contribution in [0.25, 0.3) is 0 Å². The molecule has 3 fully saturated rings. The molecule has 0 unspecified atom stereocenters. The first-order valence-electron chi connectivity index (χ1n) is 8.48. The van der Waals surface area contributed by atoms with Gasteiger partial charge in [-0.05, 0) is 31.1 Å². The maximum Gasteiger partial charge on any atom is 0.242 e. The van der Waals surface area contributed by atoms with Crippen molar-refractivity contribution in [2.45, 2.75) is 32.1 Å². The van der Waals surface area contributed by atoms with E-state index in [0.29, 0.717) is 0 Å². The molecule has 4 atom stereocenters. The Balaban J connectivity index is 1.46. The fraction of sp³-hybridized carbons (Fsp3) is 0.706. The molecular weight excluding hydrogens is 280 g/mol. The summed E-state index contributed by atoms with van der Waals surface area (Å²) in [7, 11) is 0. The number of hydrogen-bond acceptors (Lipinski definition) is 3. The van der Waals surface area contributed by atoms with Gasteiger partial charge in [0.05, 0.1) is 11.8 Å². The molecule has 5 heteroatoms. The van der Waals surface area contributed by atoms with Crippen LogP contribution in [-0.2, 0) is 14.4 Å². The summed E-state index contributed by atoms with van der Waals surface area (Å²) >= 11 is 0. The van der Waals surface area contributed by atoms with Crippen LogP contribution in [0.5, 0.6) is 0 Å². The van der Waals surface area contributed by atoms with E-state index in [9.17, 15) is 14.4 Å². The van der Waals surface area contributed by atoms with Crippen molar-refractivity contribution in [3.05, 3.63) is 12.2 Å². The molecule has 0 spiro atoms. The van der Waals surface area contributed by atoms with Crippen molar-refractivity contribution < 1.29 is 14.4 Å². The summed E-state index contributed by atoms with van der Waals surface area (Å²) in [5.41, 5.74) is 0. The van der Waals surface area contributed by atoms with Crippen molar-refractivity contribution in [3.63, 3.8) is 0 Å². The molecule has 2 heterocycles. The minimum Gasteiger partial charge on any atom is -0.341 e. The number of amides is 3. The van der Waals surface area contributed by atoms with Gasteiger partial charge in [0.15, 0.2) is 0 Å². The maximum atomic E-state index is 12.6. The molecule has 5 nitrogen and oxygen atoms in total. The molecule has 118 valence electrons. The Morgan fingerprint density at radius 1 is 0.955 bits per heavy atom. The van der Waals surface area contributed by atoms with Gasteiger partial charge in [-0.2, -0.15) is 0 Å². The third kappa shape index (κ3) is 2.02. The minimum absolute atomic E-state index is 0.0515. The van der Waals surface area contributed by atoms with Gasteiger partial charge in [-0.25, -0.2) is 0 Å². The molecule has 0 radical (unpaired) electrons. The topological polar surface area (TPSA) is 57.7 Å². The summed E-state index contributed by atoms with van der Waals surface area (Å²) in [5.74, 6) is -0.262. The first kappa shape index (κ1) is 14.0. The molecule has 4 rings (SSSR count). The zero-order chi connectivity index (χ0) is 15.3. The highest BCUT2D eigenvalue weighted by Crippen LogP contribution is 2.52. The first-order valence-corrected chi connectivity index (χ1v) is 8.48. The number of carbonyl (C=O) groups excluding carboxylic acids is 3. The van der Waals surface area contributed by atoms with Crippen LogP contribution in [0, 0.1) is 23.7 Å². The van der Waals surface area contributed by atoms with Gasteiger partial charge in [-0.15, -0.1) is 0 Å². The van der Waals surface area contributed by atoms with Gasteiger partial charge in [0.2, 0.25) is 17.7 Å². The fourth-order valence-electron chi connectivity index (χ4n) is 4.68. The van der Waals surface area contributed by atoms with E-state index in [0.717, 1.165) is 45.2 Å². The minimum atomic E-state index is -0.195. The van der Waals surface area contributed by atoms with Crippen molar-refractivity contribution in [2.75, 3.05) is 19.6 Å². The standard InChI is InChI=1S/C17H22N2O3/c20-13(18-7-3-1-2-4-8-18)10-19-16(21)14-11-5-6-12(9-11)15(14)17(19)22/h5-6,11-12,14-15H,1-4,7-10H2/t11-,12-,14+,15+/m0/s1. The van der Waals surface area contributed by atoms with E-state index in [1.165, 1.54) is 4.90 Å². The average molecular weight is 302 g/mol. The SMILES string of the molecule is O=C(CN1C(=O)[C@H]2[C@H](C1=O)[C@H]1C=C[C@H]2C1)N1CCCCCC1.